The number of anilines is 1. The normalized spacial score (nSPS) is 23.6. The fourth-order valence-corrected chi connectivity index (χ4v) is 3.24. The van der Waals surface area contributed by atoms with Gasteiger partial charge in [0.15, 0.2) is 17.5 Å². The molecule has 32 heavy (non-hydrogen) atoms. The maximum atomic E-state index is 14.5. The molecule has 0 bridgehead atoms. The minimum absolute atomic E-state index is 0.0925. The van der Waals surface area contributed by atoms with Gasteiger partial charge in [-0.2, -0.15) is 5.10 Å². The molecular formula is C22H27ClFN7O. The molecule has 1 aromatic rings. The van der Waals surface area contributed by atoms with Gasteiger partial charge in [-0.3, -0.25) is 5.43 Å². The van der Waals surface area contributed by atoms with E-state index in [2.05, 4.69) is 48.4 Å². The molecule has 2 heterocycles. The number of ether oxygens (including phenoxy) is 1. The largest absolute Gasteiger partial charge is 0.497 e. The Bertz CT molecular complexity index is 1000. The lowest BCUT2D eigenvalue weighted by molar-refractivity contribution is 0.168. The van der Waals surface area contributed by atoms with Crippen molar-refractivity contribution in [3.8, 4) is 0 Å². The maximum absolute atomic E-state index is 14.5. The van der Waals surface area contributed by atoms with Crippen molar-refractivity contribution >= 4 is 34.4 Å². The second-order valence-electron chi connectivity index (χ2n) is 7.69. The first kappa shape index (κ1) is 23.6. The number of rotatable bonds is 8. The molecule has 1 aliphatic carbocycles. The van der Waals surface area contributed by atoms with Crippen molar-refractivity contribution in [1.82, 2.24) is 20.3 Å². The van der Waals surface area contributed by atoms with E-state index in [0.29, 0.717) is 17.9 Å². The Labute approximate surface area is 192 Å². The molecule has 1 unspecified atom stereocenters. The summed E-state index contributed by atoms with van der Waals surface area (Å²) in [6.45, 7) is 7.32. The molecule has 1 aromatic heterocycles. The predicted octanol–water partition coefficient (Wildman–Crippen LogP) is 3.54. The minimum atomic E-state index is -0.553. The van der Waals surface area contributed by atoms with Gasteiger partial charge in [0.1, 0.15) is 11.8 Å². The molecule has 2 N–H and O–H groups in total. The van der Waals surface area contributed by atoms with E-state index in [1.54, 1.807) is 0 Å². The predicted molar refractivity (Wildman–Crippen MR) is 127 cm³/mol. The maximum Gasteiger partial charge on any atom is 0.183 e. The Kier molecular flexibility index (Phi) is 8.13. The van der Waals surface area contributed by atoms with Gasteiger partial charge < -0.3 is 15.0 Å². The molecule has 0 amide bonds. The first-order chi connectivity index (χ1) is 15.3. The lowest BCUT2D eigenvalue weighted by Gasteiger charge is -2.26. The molecule has 0 aromatic carbocycles. The number of hydrazone groups is 1. The van der Waals surface area contributed by atoms with E-state index in [1.807, 2.05) is 33.2 Å². The van der Waals surface area contributed by atoms with Crippen LogP contribution in [0.15, 0.2) is 58.8 Å². The summed E-state index contributed by atoms with van der Waals surface area (Å²) < 4.78 is 20.4. The fourth-order valence-electron chi connectivity index (χ4n) is 3.09. The third-order valence-corrected chi connectivity index (χ3v) is 5.08. The first-order valence-corrected chi connectivity index (χ1v) is 10.6. The van der Waals surface area contributed by atoms with Gasteiger partial charge in [0.25, 0.3) is 0 Å². The quantitative estimate of drug-likeness (QED) is 0.618. The lowest BCUT2D eigenvalue weighted by atomic mass is 9.92. The highest BCUT2D eigenvalue weighted by atomic mass is 35.5. The molecule has 8 nitrogen and oxygen atoms in total. The minimum Gasteiger partial charge on any atom is -0.497 e. The SMILES string of the molecule is C=C1/N=C(Cl)\C=N/N/C=C\1c1ncc(F)c(N[C@@H](C)C2C=CC=C(OCCN(C)C)C2)n1. The van der Waals surface area contributed by atoms with Gasteiger partial charge in [-0.1, -0.05) is 30.3 Å². The van der Waals surface area contributed by atoms with Gasteiger partial charge in [0.2, 0.25) is 0 Å². The zero-order chi connectivity index (χ0) is 23.1. The number of aromatic nitrogens is 2. The Morgan fingerprint density at radius 3 is 3.03 bits per heavy atom. The molecule has 10 heteroatoms. The highest BCUT2D eigenvalue weighted by molar-refractivity contribution is 6.80. The monoisotopic (exact) mass is 459 g/mol. The smallest absolute Gasteiger partial charge is 0.183 e. The fraction of sp³-hybridized carbons (Fsp3) is 0.364. The second kappa shape index (κ2) is 11.0. The number of nitrogens with zero attached hydrogens (tertiary/aromatic N) is 5. The van der Waals surface area contributed by atoms with Crippen molar-refractivity contribution in [3.05, 3.63) is 60.3 Å². The van der Waals surface area contributed by atoms with Crippen LogP contribution in [0.3, 0.4) is 0 Å². The number of nitrogens with one attached hydrogen (secondary N) is 2. The molecule has 1 aliphatic heterocycles. The highest BCUT2D eigenvalue weighted by Crippen LogP contribution is 2.26. The van der Waals surface area contributed by atoms with Gasteiger partial charge in [-0.15, -0.1) is 0 Å². The summed E-state index contributed by atoms with van der Waals surface area (Å²) in [7, 11) is 4.01. The van der Waals surface area contributed by atoms with Crippen LogP contribution in [0, 0.1) is 11.7 Å². The van der Waals surface area contributed by atoms with E-state index in [1.165, 1.54) is 12.4 Å². The van der Waals surface area contributed by atoms with Gasteiger partial charge in [-0.05, 0) is 27.1 Å². The molecule has 0 radical (unpaired) electrons. The molecule has 2 atom stereocenters. The highest BCUT2D eigenvalue weighted by Gasteiger charge is 2.22. The molecule has 170 valence electrons. The molecule has 3 rings (SSSR count). The van der Waals surface area contributed by atoms with Gasteiger partial charge in [-0.25, -0.2) is 19.4 Å². The van der Waals surface area contributed by atoms with Crippen molar-refractivity contribution in [1.29, 1.82) is 0 Å². The molecule has 0 fully saturated rings. The van der Waals surface area contributed by atoms with Crippen molar-refractivity contribution in [2.75, 3.05) is 32.6 Å². The Balaban J connectivity index is 1.70. The Hall–Kier alpha value is -3.04. The standard InChI is InChI=1S/C22H27ClFN7O/c1-14(16-6-5-7-17(10-16)32-9-8-31(3)4)29-22-19(24)12-25-21(30-22)18-11-26-27-13-20(23)28-15(18)2/h5-7,11-14,16,26H,2,8-10H2,1,3-4H3,(H,25,29,30)/b18-11+,27-13-,28-20+/t14-,16?/m0/s1. The lowest BCUT2D eigenvalue weighted by Crippen LogP contribution is -2.28. The van der Waals surface area contributed by atoms with Crippen molar-refractivity contribution in [3.63, 3.8) is 0 Å². The van der Waals surface area contributed by atoms with Crippen molar-refractivity contribution in [2.45, 2.75) is 19.4 Å². The average molecular weight is 460 g/mol. The van der Waals surface area contributed by atoms with E-state index >= 15 is 0 Å². The summed E-state index contributed by atoms with van der Waals surface area (Å²) in [4.78, 5) is 14.6. The molecule has 0 saturated heterocycles. The zero-order valence-corrected chi connectivity index (χ0v) is 19.1. The van der Waals surface area contributed by atoms with Crippen LogP contribution in [0.25, 0.3) is 5.57 Å². The third-order valence-electron chi connectivity index (χ3n) is 4.90. The molecule has 2 aliphatic rings. The van der Waals surface area contributed by atoms with Gasteiger partial charge in [0.05, 0.1) is 29.4 Å². The summed E-state index contributed by atoms with van der Waals surface area (Å²) in [5, 5.41) is 7.21. The van der Waals surface area contributed by atoms with E-state index in [-0.39, 0.29) is 28.8 Å². The van der Waals surface area contributed by atoms with Crippen LogP contribution in [-0.2, 0) is 4.74 Å². The van der Waals surface area contributed by atoms with Crippen LogP contribution in [-0.4, -0.2) is 59.5 Å². The third kappa shape index (κ3) is 6.48. The van der Waals surface area contributed by atoms with Crippen LogP contribution in [0.2, 0.25) is 0 Å². The number of likely N-dealkylation sites (N-methyl/N-ethyl adjacent to an activating group) is 1. The summed E-state index contributed by atoms with van der Waals surface area (Å²) in [6.07, 6.45) is 10.7. The number of hydrogen-bond acceptors (Lipinski definition) is 8. The Morgan fingerprint density at radius 1 is 1.44 bits per heavy atom. The summed E-state index contributed by atoms with van der Waals surface area (Å²) in [5.41, 5.74) is 3.49. The summed E-state index contributed by atoms with van der Waals surface area (Å²) in [5.74, 6) is 0.810. The van der Waals surface area contributed by atoms with E-state index in [0.717, 1.165) is 24.9 Å². The van der Waals surface area contributed by atoms with Crippen molar-refractivity contribution < 1.29 is 9.13 Å². The van der Waals surface area contributed by atoms with E-state index in [9.17, 15) is 4.39 Å². The summed E-state index contributed by atoms with van der Waals surface area (Å²) >= 11 is 5.95. The number of aliphatic imine (C=N–C) groups is 1. The van der Waals surface area contributed by atoms with Crippen LogP contribution < -0.4 is 10.7 Å². The van der Waals surface area contributed by atoms with Crippen molar-refractivity contribution in [2.24, 2.45) is 16.0 Å². The number of allylic oxidation sites excluding steroid dienone is 4. The molecule has 0 spiro atoms. The van der Waals surface area contributed by atoms with E-state index in [4.69, 9.17) is 16.3 Å². The van der Waals surface area contributed by atoms with Gasteiger partial charge >= 0.3 is 0 Å². The van der Waals surface area contributed by atoms with E-state index < -0.39 is 5.82 Å². The van der Waals surface area contributed by atoms with Crippen LogP contribution >= 0.6 is 11.6 Å². The van der Waals surface area contributed by atoms with Gasteiger partial charge in [0, 0.05) is 31.1 Å². The second-order valence-corrected chi connectivity index (χ2v) is 8.07. The number of hydrogen-bond donors (Lipinski definition) is 2. The first-order valence-electron chi connectivity index (χ1n) is 10.2. The topological polar surface area (TPSA) is 87.0 Å². The molecular weight excluding hydrogens is 433 g/mol. The Morgan fingerprint density at radius 2 is 2.25 bits per heavy atom. The summed E-state index contributed by atoms with van der Waals surface area (Å²) in [6, 6.07) is -0.102. The average Bonchev–Trinajstić information content (AvgIpc) is 2.74. The zero-order valence-electron chi connectivity index (χ0n) is 18.3. The van der Waals surface area contributed by atoms with Crippen LogP contribution in [0.4, 0.5) is 10.2 Å². The van der Waals surface area contributed by atoms with Crippen LogP contribution in [0.5, 0.6) is 0 Å². The number of halogens is 2. The van der Waals surface area contributed by atoms with Crippen LogP contribution in [0.1, 0.15) is 19.2 Å². The molecule has 0 saturated carbocycles.